The number of hydrogen-bond acceptors (Lipinski definition) is 4. The minimum absolute atomic E-state index is 0.0724. The number of benzene rings is 1. The van der Waals surface area contributed by atoms with Crippen LogP contribution in [-0.4, -0.2) is 37.9 Å². The van der Waals surface area contributed by atoms with Crippen LogP contribution in [0.15, 0.2) is 35.2 Å². The third kappa shape index (κ3) is 6.29. The van der Waals surface area contributed by atoms with Gasteiger partial charge in [0, 0.05) is 5.54 Å². The first-order valence-corrected chi connectivity index (χ1v) is 9.10. The van der Waals surface area contributed by atoms with Crippen molar-refractivity contribution in [1.29, 1.82) is 0 Å². The van der Waals surface area contributed by atoms with Crippen molar-refractivity contribution in [2.24, 2.45) is 0 Å². The summed E-state index contributed by atoms with van der Waals surface area (Å²) in [5.41, 5.74) is -0.420. The molecule has 3 N–H and O–H groups in total. The number of amides is 2. The van der Waals surface area contributed by atoms with E-state index >= 15 is 0 Å². The van der Waals surface area contributed by atoms with E-state index in [0.717, 1.165) is 0 Å². The van der Waals surface area contributed by atoms with E-state index in [0.29, 0.717) is 0 Å². The van der Waals surface area contributed by atoms with E-state index in [-0.39, 0.29) is 10.8 Å². The van der Waals surface area contributed by atoms with Crippen molar-refractivity contribution in [1.82, 2.24) is 15.4 Å². The van der Waals surface area contributed by atoms with E-state index < -0.39 is 33.6 Å². The fourth-order valence-corrected chi connectivity index (χ4v) is 3.06. The molecule has 1 unspecified atom stereocenters. The topological polar surface area (TPSA) is 104 Å². The Kier molecular flexibility index (Phi) is 6.50. The number of sulfonamides is 1. The lowest BCUT2D eigenvalue weighted by molar-refractivity contribution is -0.130. The van der Waals surface area contributed by atoms with Gasteiger partial charge in [-0.25, -0.2) is 8.42 Å². The quantitative estimate of drug-likeness (QED) is 0.701. The summed E-state index contributed by atoms with van der Waals surface area (Å²) < 4.78 is 26.7. The van der Waals surface area contributed by atoms with Crippen molar-refractivity contribution >= 4 is 21.8 Å². The van der Waals surface area contributed by atoms with Crippen LogP contribution < -0.4 is 15.4 Å². The number of nitrogens with one attached hydrogen (secondary N) is 3. The fraction of sp³-hybridized carbons (Fsp3) is 0.500. The highest BCUT2D eigenvalue weighted by molar-refractivity contribution is 7.89. The van der Waals surface area contributed by atoms with Crippen molar-refractivity contribution in [3.05, 3.63) is 30.3 Å². The van der Waals surface area contributed by atoms with Crippen LogP contribution in [0, 0.1) is 0 Å². The highest BCUT2D eigenvalue weighted by Gasteiger charge is 2.25. The Morgan fingerprint density at radius 1 is 0.958 bits per heavy atom. The third-order valence-electron chi connectivity index (χ3n) is 3.03. The second kappa shape index (κ2) is 7.76. The molecule has 0 aliphatic carbocycles. The van der Waals surface area contributed by atoms with Crippen molar-refractivity contribution in [2.75, 3.05) is 0 Å². The van der Waals surface area contributed by atoms with Crippen LogP contribution in [0.5, 0.6) is 0 Å². The average molecular weight is 355 g/mol. The van der Waals surface area contributed by atoms with Crippen LogP contribution in [-0.2, 0) is 19.6 Å². The SMILES string of the molecule is CC(NC(=O)[C@H](C)NS(=O)(=O)c1ccccc1)C(=O)NC(C)(C)C. The zero-order valence-corrected chi connectivity index (χ0v) is 15.4. The Morgan fingerprint density at radius 2 is 1.50 bits per heavy atom. The summed E-state index contributed by atoms with van der Waals surface area (Å²) in [6.45, 7) is 8.45. The average Bonchev–Trinajstić information content (AvgIpc) is 2.45. The van der Waals surface area contributed by atoms with E-state index in [1.165, 1.54) is 26.0 Å². The molecule has 1 rings (SSSR count). The third-order valence-corrected chi connectivity index (χ3v) is 4.59. The van der Waals surface area contributed by atoms with Gasteiger partial charge < -0.3 is 10.6 Å². The van der Waals surface area contributed by atoms with Gasteiger partial charge in [-0.2, -0.15) is 4.72 Å². The second-order valence-corrected chi connectivity index (χ2v) is 8.34. The van der Waals surface area contributed by atoms with Gasteiger partial charge >= 0.3 is 0 Å². The zero-order valence-electron chi connectivity index (χ0n) is 14.6. The first kappa shape index (κ1) is 20.1. The normalized spacial score (nSPS) is 14.5. The summed E-state index contributed by atoms with van der Waals surface area (Å²) in [4.78, 5) is 24.1. The van der Waals surface area contributed by atoms with E-state index in [2.05, 4.69) is 15.4 Å². The van der Waals surface area contributed by atoms with Crippen LogP contribution in [0.2, 0.25) is 0 Å². The first-order valence-electron chi connectivity index (χ1n) is 7.62. The highest BCUT2D eigenvalue weighted by Crippen LogP contribution is 2.08. The summed E-state index contributed by atoms with van der Waals surface area (Å²) in [5.74, 6) is -0.917. The largest absolute Gasteiger partial charge is 0.350 e. The molecule has 2 amide bonds. The molecule has 0 saturated heterocycles. The molecule has 0 bridgehead atoms. The monoisotopic (exact) mass is 355 g/mol. The van der Waals surface area contributed by atoms with Crippen molar-refractivity contribution in [2.45, 2.75) is 57.1 Å². The van der Waals surface area contributed by atoms with Crippen molar-refractivity contribution in [3.63, 3.8) is 0 Å². The summed E-state index contributed by atoms with van der Waals surface area (Å²) in [5, 5.41) is 5.24. The van der Waals surface area contributed by atoms with Crippen LogP contribution in [0.3, 0.4) is 0 Å². The zero-order chi connectivity index (χ0) is 18.5. The van der Waals surface area contributed by atoms with Gasteiger partial charge in [-0.15, -0.1) is 0 Å². The molecule has 134 valence electrons. The molecular weight excluding hydrogens is 330 g/mol. The van der Waals surface area contributed by atoms with E-state index in [1.54, 1.807) is 18.2 Å². The van der Waals surface area contributed by atoms with Gasteiger partial charge in [0.15, 0.2) is 0 Å². The Hall–Kier alpha value is -1.93. The number of carbonyl (C=O) groups excluding carboxylic acids is 2. The molecule has 0 fully saturated rings. The number of hydrogen-bond donors (Lipinski definition) is 3. The molecule has 0 aliphatic rings. The lowest BCUT2D eigenvalue weighted by atomic mass is 10.1. The molecule has 1 aromatic carbocycles. The summed E-state index contributed by atoms with van der Waals surface area (Å²) >= 11 is 0. The van der Waals surface area contributed by atoms with Gasteiger partial charge in [-0.05, 0) is 46.8 Å². The van der Waals surface area contributed by atoms with E-state index in [1.807, 2.05) is 20.8 Å². The van der Waals surface area contributed by atoms with Gasteiger partial charge in [0.2, 0.25) is 21.8 Å². The first-order chi connectivity index (χ1) is 10.9. The lowest BCUT2D eigenvalue weighted by Gasteiger charge is -2.24. The maximum atomic E-state index is 12.2. The van der Waals surface area contributed by atoms with Crippen molar-refractivity contribution in [3.8, 4) is 0 Å². The van der Waals surface area contributed by atoms with Gasteiger partial charge in [-0.1, -0.05) is 18.2 Å². The molecule has 1 aromatic rings. The standard InChI is InChI=1S/C16H25N3O4S/c1-11(15(21)18-16(3,4)5)17-14(20)12(2)19-24(22,23)13-9-7-6-8-10-13/h6-12,19H,1-5H3,(H,17,20)(H,18,21)/t11?,12-/m0/s1. The van der Waals surface area contributed by atoms with Crippen LogP contribution in [0.1, 0.15) is 34.6 Å². The summed E-state index contributed by atoms with van der Waals surface area (Å²) in [6.07, 6.45) is 0. The fourth-order valence-electron chi connectivity index (χ4n) is 1.84. The predicted molar refractivity (Wildman–Crippen MR) is 91.7 cm³/mol. The van der Waals surface area contributed by atoms with Gasteiger partial charge in [-0.3, -0.25) is 9.59 Å². The predicted octanol–water partition coefficient (Wildman–Crippen LogP) is 0.773. The van der Waals surface area contributed by atoms with E-state index in [9.17, 15) is 18.0 Å². The Labute approximate surface area is 143 Å². The Balaban J connectivity index is 2.67. The molecule has 0 heterocycles. The Morgan fingerprint density at radius 3 is 2.00 bits per heavy atom. The molecule has 8 heteroatoms. The Bertz CT molecular complexity index is 681. The molecule has 0 aromatic heterocycles. The number of rotatable bonds is 6. The molecule has 24 heavy (non-hydrogen) atoms. The number of carbonyl (C=O) groups is 2. The van der Waals surface area contributed by atoms with E-state index in [4.69, 9.17) is 0 Å². The van der Waals surface area contributed by atoms with Crippen LogP contribution in [0.25, 0.3) is 0 Å². The smallest absolute Gasteiger partial charge is 0.242 e. The highest BCUT2D eigenvalue weighted by atomic mass is 32.2. The molecule has 2 atom stereocenters. The maximum Gasteiger partial charge on any atom is 0.242 e. The lowest BCUT2D eigenvalue weighted by Crippen LogP contribution is -2.54. The van der Waals surface area contributed by atoms with Crippen LogP contribution >= 0.6 is 0 Å². The molecule has 0 aliphatic heterocycles. The molecule has 0 spiro atoms. The second-order valence-electron chi connectivity index (χ2n) is 6.63. The summed E-state index contributed by atoms with van der Waals surface area (Å²) in [6, 6.07) is 5.97. The molecule has 7 nitrogen and oxygen atoms in total. The van der Waals surface area contributed by atoms with Crippen molar-refractivity contribution < 1.29 is 18.0 Å². The maximum absolute atomic E-state index is 12.2. The molecular formula is C16H25N3O4S. The minimum atomic E-state index is -3.80. The van der Waals surface area contributed by atoms with Gasteiger partial charge in [0.1, 0.15) is 6.04 Å². The minimum Gasteiger partial charge on any atom is -0.350 e. The summed E-state index contributed by atoms with van der Waals surface area (Å²) in [7, 11) is -3.80. The van der Waals surface area contributed by atoms with Crippen LogP contribution in [0.4, 0.5) is 0 Å². The molecule has 0 radical (unpaired) electrons. The van der Waals surface area contributed by atoms with Gasteiger partial charge in [0.25, 0.3) is 0 Å². The molecule has 0 saturated carbocycles. The van der Waals surface area contributed by atoms with Gasteiger partial charge in [0.05, 0.1) is 10.9 Å².